The number of hydrogen-bond acceptors (Lipinski definition) is 4. The van der Waals surface area contributed by atoms with Gasteiger partial charge in [0.15, 0.2) is 5.96 Å². The van der Waals surface area contributed by atoms with Gasteiger partial charge >= 0.3 is 0 Å². The Balaban J connectivity index is 1.38. The molecule has 2 heterocycles. The van der Waals surface area contributed by atoms with Crippen LogP contribution in [-0.4, -0.2) is 61.0 Å². The molecule has 30 heavy (non-hydrogen) atoms. The quantitative estimate of drug-likeness (QED) is 0.387. The molecule has 6 heteroatoms. The van der Waals surface area contributed by atoms with Crippen molar-refractivity contribution in [3.05, 3.63) is 71.9 Å². The van der Waals surface area contributed by atoms with Crippen molar-refractivity contribution in [1.82, 2.24) is 20.1 Å². The molecule has 0 radical (unpaired) electrons. The lowest BCUT2D eigenvalue weighted by molar-refractivity contribution is 0.172. The van der Waals surface area contributed by atoms with E-state index in [0.29, 0.717) is 0 Å². The molecule has 1 N–H and O–H groups in total. The number of pyridine rings is 1. The highest BCUT2D eigenvalue weighted by Gasteiger charge is 2.20. The van der Waals surface area contributed by atoms with Crippen molar-refractivity contribution in [3.8, 4) is 0 Å². The lowest BCUT2D eigenvalue weighted by Gasteiger charge is -2.36. The smallest absolute Gasteiger partial charge is 0.193 e. The molecule has 4 rings (SSSR count). The number of nitrogens with zero attached hydrogens (tertiary/aromatic N) is 4. The average Bonchev–Trinajstić information content (AvgIpc) is 2.80. The molecule has 1 aromatic heterocycles. The minimum absolute atomic E-state index is 0.932. The van der Waals surface area contributed by atoms with Gasteiger partial charge in [-0.3, -0.25) is 9.89 Å². The topological polar surface area (TPSA) is 43.8 Å². The number of aliphatic imine (C=N–C) groups is 1. The lowest BCUT2D eigenvalue weighted by Crippen LogP contribution is -2.51. The van der Waals surface area contributed by atoms with Crippen LogP contribution in [0.25, 0.3) is 10.8 Å². The maximum atomic E-state index is 4.69. The highest BCUT2D eigenvalue weighted by molar-refractivity contribution is 7.98. The van der Waals surface area contributed by atoms with Gasteiger partial charge in [-0.1, -0.05) is 48.5 Å². The molecule has 0 saturated carbocycles. The third-order valence-corrected chi connectivity index (χ3v) is 6.66. The summed E-state index contributed by atoms with van der Waals surface area (Å²) in [6.45, 7) is 5.00. The largest absolute Gasteiger partial charge is 0.359 e. The second kappa shape index (κ2) is 9.96. The van der Waals surface area contributed by atoms with Gasteiger partial charge in [-0.2, -0.15) is 0 Å². The number of rotatable bonds is 5. The molecular weight excluding hydrogens is 390 g/mol. The van der Waals surface area contributed by atoms with E-state index >= 15 is 0 Å². The molecule has 0 spiro atoms. The fourth-order valence-corrected chi connectivity index (χ4v) is 4.86. The third-order valence-electron chi connectivity index (χ3n) is 5.54. The highest BCUT2D eigenvalue weighted by atomic mass is 32.2. The second-order valence-corrected chi connectivity index (χ2v) is 8.46. The van der Waals surface area contributed by atoms with Crippen LogP contribution in [0.3, 0.4) is 0 Å². The summed E-state index contributed by atoms with van der Waals surface area (Å²) in [5.41, 5.74) is 2.65. The summed E-state index contributed by atoms with van der Waals surface area (Å²) < 4.78 is 0. The molecule has 3 aromatic rings. The Morgan fingerprint density at radius 3 is 2.60 bits per heavy atom. The molecule has 0 aliphatic carbocycles. The molecule has 2 aromatic carbocycles. The number of hydrogen-bond donors (Lipinski definition) is 1. The fraction of sp³-hybridized carbons (Fsp3) is 0.333. The minimum atomic E-state index is 0.932. The number of benzene rings is 2. The maximum absolute atomic E-state index is 4.69. The zero-order valence-electron chi connectivity index (χ0n) is 17.7. The van der Waals surface area contributed by atoms with Crippen molar-refractivity contribution >= 4 is 28.5 Å². The van der Waals surface area contributed by atoms with Gasteiger partial charge in [0, 0.05) is 58.8 Å². The van der Waals surface area contributed by atoms with Crippen molar-refractivity contribution in [3.63, 3.8) is 0 Å². The summed E-state index contributed by atoms with van der Waals surface area (Å²) in [4.78, 5) is 13.8. The first kappa shape index (κ1) is 20.7. The van der Waals surface area contributed by atoms with E-state index < -0.39 is 0 Å². The van der Waals surface area contributed by atoms with Gasteiger partial charge < -0.3 is 10.2 Å². The van der Waals surface area contributed by atoms with Crippen LogP contribution in [0, 0.1) is 0 Å². The van der Waals surface area contributed by atoms with E-state index in [1.54, 1.807) is 0 Å². The predicted molar refractivity (Wildman–Crippen MR) is 127 cm³/mol. The Hall–Kier alpha value is -2.57. The van der Waals surface area contributed by atoms with Crippen LogP contribution in [0.15, 0.2) is 70.8 Å². The lowest BCUT2D eigenvalue weighted by atomic mass is 10.1. The zero-order valence-corrected chi connectivity index (χ0v) is 18.5. The first-order valence-electron chi connectivity index (χ1n) is 10.4. The van der Waals surface area contributed by atoms with E-state index in [1.165, 1.54) is 21.9 Å². The molecule has 5 nitrogen and oxygen atoms in total. The summed E-state index contributed by atoms with van der Waals surface area (Å²) in [5, 5.41) is 6.91. The standard InChI is InChI=1S/C24H29N5S/c1-25-24(26-2)29-14-12-28(13-15-29)17-22-8-5-11-27-23(22)30-18-19-9-10-20-6-3-4-7-21(20)16-19/h3-11,16H,12-15,17-18H2,1-2H3,(H,25,26). The number of guanidine groups is 1. The van der Waals surface area contributed by atoms with Gasteiger partial charge in [-0.25, -0.2) is 4.98 Å². The van der Waals surface area contributed by atoms with Crippen molar-refractivity contribution in [2.45, 2.75) is 17.3 Å². The Morgan fingerprint density at radius 2 is 1.83 bits per heavy atom. The summed E-state index contributed by atoms with van der Waals surface area (Å²) >= 11 is 1.83. The van der Waals surface area contributed by atoms with Crippen molar-refractivity contribution < 1.29 is 0 Å². The van der Waals surface area contributed by atoms with Crippen LogP contribution < -0.4 is 5.32 Å². The predicted octanol–water partition coefficient (Wildman–Crippen LogP) is 3.85. The number of aromatic nitrogens is 1. The normalized spacial score (nSPS) is 15.5. The molecule has 1 fully saturated rings. The number of thioether (sulfide) groups is 1. The third kappa shape index (κ3) is 4.94. The van der Waals surface area contributed by atoms with Gasteiger partial charge in [0.2, 0.25) is 0 Å². The van der Waals surface area contributed by atoms with Gasteiger partial charge in [0.1, 0.15) is 5.03 Å². The number of nitrogens with one attached hydrogen (secondary N) is 1. The van der Waals surface area contributed by atoms with E-state index in [-0.39, 0.29) is 0 Å². The second-order valence-electron chi connectivity index (χ2n) is 7.50. The van der Waals surface area contributed by atoms with Crippen LogP contribution in [-0.2, 0) is 12.3 Å². The molecule has 1 aliphatic heterocycles. The van der Waals surface area contributed by atoms with Gasteiger partial charge in [0.05, 0.1) is 0 Å². The van der Waals surface area contributed by atoms with E-state index in [9.17, 15) is 0 Å². The SMILES string of the molecule is CN=C(NC)N1CCN(Cc2cccnc2SCc2ccc3ccccc3c2)CC1. The van der Waals surface area contributed by atoms with Crippen LogP contribution in [0.2, 0.25) is 0 Å². The Bertz CT molecular complexity index is 1010. The minimum Gasteiger partial charge on any atom is -0.359 e. The molecule has 0 amide bonds. The molecular formula is C24H29N5S. The first-order valence-corrected chi connectivity index (χ1v) is 11.4. The molecule has 1 aliphatic rings. The Kier molecular flexibility index (Phi) is 6.87. The highest BCUT2D eigenvalue weighted by Crippen LogP contribution is 2.27. The van der Waals surface area contributed by atoms with Crippen molar-refractivity contribution in [1.29, 1.82) is 0 Å². The summed E-state index contributed by atoms with van der Waals surface area (Å²) in [7, 11) is 3.77. The van der Waals surface area contributed by atoms with Crippen molar-refractivity contribution in [2.75, 3.05) is 40.3 Å². The first-order chi connectivity index (χ1) is 14.8. The fourth-order valence-electron chi connectivity index (χ4n) is 3.92. The van der Waals surface area contributed by atoms with E-state index in [2.05, 4.69) is 79.7 Å². The van der Waals surface area contributed by atoms with Crippen LogP contribution >= 0.6 is 11.8 Å². The Labute approximate surface area is 183 Å². The zero-order chi connectivity index (χ0) is 20.8. The summed E-state index contributed by atoms with van der Waals surface area (Å²) in [6, 6.07) is 19.5. The van der Waals surface area contributed by atoms with Crippen LogP contribution in [0.5, 0.6) is 0 Å². The summed E-state index contributed by atoms with van der Waals surface area (Å²) in [6.07, 6.45) is 1.90. The van der Waals surface area contributed by atoms with Gasteiger partial charge in [-0.05, 0) is 28.0 Å². The van der Waals surface area contributed by atoms with E-state index in [1.807, 2.05) is 32.1 Å². The molecule has 0 unspecified atom stereocenters. The van der Waals surface area contributed by atoms with Gasteiger partial charge in [0.25, 0.3) is 0 Å². The van der Waals surface area contributed by atoms with Crippen molar-refractivity contribution in [2.24, 2.45) is 4.99 Å². The van der Waals surface area contributed by atoms with Crippen LogP contribution in [0.4, 0.5) is 0 Å². The molecule has 0 atom stereocenters. The maximum Gasteiger partial charge on any atom is 0.193 e. The average molecular weight is 420 g/mol. The van der Waals surface area contributed by atoms with Gasteiger partial charge in [-0.15, -0.1) is 11.8 Å². The monoisotopic (exact) mass is 419 g/mol. The number of fused-ring (bicyclic) bond motifs is 1. The van der Waals surface area contributed by atoms with E-state index in [0.717, 1.165) is 49.5 Å². The van der Waals surface area contributed by atoms with Crippen LogP contribution in [0.1, 0.15) is 11.1 Å². The molecule has 156 valence electrons. The molecule has 1 saturated heterocycles. The molecule has 0 bridgehead atoms. The number of piperazine rings is 1. The summed E-state index contributed by atoms with van der Waals surface area (Å²) in [5.74, 6) is 1.91. The van der Waals surface area contributed by atoms with E-state index in [4.69, 9.17) is 0 Å². The Morgan fingerprint density at radius 1 is 1.03 bits per heavy atom.